The lowest BCUT2D eigenvalue weighted by atomic mass is 10.0. The van der Waals surface area contributed by atoms with Gasteiger partial charge in [0.25, 0.3) is 5.91 Å². The molecule has 24 heavy (non-hydrogen) atoms. The average molecular weight is 388 g/mol. The third kappa shape index (κ3) is 2.80. The molecule has 1 aliphatic heterocycles. The first-order valence-corrected chi connectivity index (χ1v) is 8.55. The molecular weight excluding hydrogens is 370 g/mol. The fourth-order valence-corrected chi connectivity index (χ4v) is 3.35. The van der Waals surface area contributed by atoms with Crippen molar-refractivity contribution in [1.29, 1.82) is 0 Å². The minimum Gasteiger partial charge on any atom is -0.503 e. The van der Waals surface area contributed by atoms with Crippen LogP contribution >= 0.6 is 15.9 Å². The lowest BCUT2D eigenvalue weighted by Crippen LogP contribution is -2.26. The van der Waals surface area contributed by atoms with Crippen molar-refractivity contribution in [2.45, 2.75) is 13.3 Å². The van der Waals surface area contributed by atoms with Gasteiger partial charge in [0.15, 0.2) is 11.5 Å². The smallest absolute Gasteiger partial charge is 0.258 e. The van der Waals surface area contributed by atoms with Crippen LogP contribution in [0.1, 0.15) is 24.5 Å². The third-order valence-corrected chi connectivity index (χ3v) is 4.59. The predicted molar refractivity (Wildman–Crippen MR) is 99.3 cm³/mol. The molecule has 0 spiro atoms. The molecule has 0 aromatic heterocycles. The summed E-state index contributed by atoms with van der Waals surface area (Å²) >= 11 is 3.32. The quantitative estimate of drug-likeness (QED) is 0.787. The number of anilines is 1. The monoisotopic (exact) mass is 387 g/mol. The number of carbonyl (C=O) groups is 1. The van der Waals surface area contributed by atoms with Crippen LogP contribution in [0.15, 0.2) is 40.9 Å². The first-order valence-electron chi connectivity index (χ1n) is 7.76. The van der Waals surface area contributed by atoms with Crippen molar-refractivity contribution in [3.05, 3.63) is 52.0 Å². The topological polar surface area (TPSA) is 49.8 Å². The van der Waals surface area contributed by atoms with Crippen LogP contribution in [-0.4, -0.2) is 24.7 Å². The molecule has 3 rings (SSSR count). The van der Waals surface area contributed by atoms with Gasteiger partial charge in [-0.2, -0.15) is 0 Å². The number of ether oxygens (including phenoxy) is 1. The highest BCUT2D eigenvalue weighted by molar-refractivity contribution is 9.10. The van der Waals surface area contributed by atoms with Gasteiger partial charge in [0.05, 0.1) is 17.3 Å². The number of aromatic hydroxyl groups is 1. The van der Waals surface area contributed by atoms with Crippen molar-refractivity contribution in [2.75, 3.05) is 18.6 Å². The van der Waals surface area contributed by atoms with Gasteiger partial charge in [0, 0.05) is 17.7 Å². The van der Waals surface area contributed by atoms with Gasteiger partial charge in [0.2, 0.25) is 0 Å². The molecule has 0 unspecified atom stereocenters. The van der Waals surface area contributed by atoms with Gasteiger partial charge < -0.3 is 14.7 Å². The predicted octanol–water partition coefficient (Wildman–Crippen LogP) is 4.46. The van der Waals surface area contributed by atoms with Gasteiger partial charge in [-0.15, -0.1) is 0 Å². The molecule has 1 N–H and O–H groups in total. The van der Waals surface area contributed by atoms with Crippen molar-refractivity contribution in [3.8, 4) is 11.5 Å². The first kappa shape index (κ1) is 16.6. The SMILES string of the molecule is CCCN1C(=O)/C(=C\c2cc(Br)c(O)c(OC)c2)c2ccccc21. The van der Waals surface area contributed by atoms with Crippen molar-refractivity contribution in [2.24, 2.45) is 0 Å². The molecule has 0 atom stereocenters. The molecule has 124 valence electrons. The molecule has 2 aromatic rings. The number of halogens is 1. The number of nitrogens with zero attached hydrogens (tertiary/aromatic N) is 1. The number of hydrogen-bond donors (Lipinski definition) is 1. The maximum absolute atomic E-state index is 12.8. The van der Waals surface area contributed by atoms with Crippen LogP contribution in [0.3, 0.4) is 0 Å². The average Bonchev–Trinajstić information content (AvgIpc) is 2.84. The van der Waals surface area contributed by atoms with Crippen LogP contribution in [0.2, 0.25) is 0 Å². The van der Waals surface area contributed by atoms with Gasteiger partial charge in [-0.25, -0.2) is 0 Å². The zero-order valence-corrected chi connectivity index (χ0v) is 15.1. The maximum atomic E-state index is 12.8. The number of methoxy groups -OCH3 is 1. The third-order valence-electron chi connectivity index (χ3n) is 3.99. The van der Waals surface area contributed by atoms with E-state index in [1.165, 1.54) is 7.11 Å². The summed E-state index contributed by atoms with van der Waals surface area (Å²) in [5.74, 6) is 0.409. The van der Waals surface area contributed by atoms with Crippen molar-refractivity contribution < 1.29 is 14.6 Å². The van der Waals surface area contributed by atoms with Gasteiger partial charge in [-0.1, -0.05) is 25.1 Å². The Balaban J connectivity index is 2.11. The Hall–Kier alpha value is -2.27. The molecule has 5 heteroatoms. The Bertz CT molecular complexity index is 829. The Morgan fingerprint density at radius 3 is 2.75 bits per heavy atom. The Morgan fingerprint density at radius 1 is 1.29 bits per heavy atom. The largest absolute Gasteiger partial charge is 0.503 e. The number of fused-ring (bicyclic) bond motifs is 1. The molecule has 4 nitrogen and oxygen atoms in total. The molecule has 0 bridgehead atoms. The van der Waals surface area contributed by atoms with Gasteiger partial charge in [-0.3, -0.25) is 4.79 Å². The van der Waals surface area contributed by atoms with Gasteiger partial charge in [-0.05, 0) is 52.2 Å². The summed E-state index contributed by atoms with van der Waals surface area (Å²) in [5, 5.41) is 9.94. The molecule has 0 fully saturated rings. The summed E-state index contributed by atoms with van der Waals surface area (Å²) in [6.07, 6.45) is 2.73. The van der Waals surface area contributed by atoms with E-state index in [9.17, 15) is 9.90 Å². The van der Waals surface area contributed by atoms with E-state index in [1.807, 2.05) is 35.2 Å². The number of para-hydroxylation sites is 1. The summed E-state index contributed by atoms with van der Waals surface area (Å²) in [4.78, 5) is 14.6. The summed E-state index contributed by atoms with van der Waals surface area (Å²) in [7, 11) is 1.50. The summed E-state index contributed by atoms with van der Waals surface area (Å²) in [6.45, 7) is 2.75. The summed E-state index contributed by atoms with van der Waals surface area (Å²) < 4.78 is 5.71. The first-order chi connectivity index (χ1) is 11.6. The summed E-state index contributed by atoms with van der Waals surface area (Å²) in [5.41, 5.74) is 3.31. The van der Waals surface area contributed by atoms with E-state index in [0.29, 0.717) is 22.3 Å². The van der Waals surface area contributed by atoms with E-state index in [0.717, 1.165) is 23.2 Å². The van der Waals surface area contributed by atoms with Crippen LogP contribution in [0.25, 0.3) is 11.6 Å². The Morgan fingerprint density at radius 2 is 2.04 bits per heavy atom. The molecular formula is C19H18BrNO3. The molecule has 0 radical (unpaired) electrons. The van der Waals surface area contributed by atoms with Gasteiger partial charge >= 0.3 is 0 Å². The molecule has 0 saturated carbocycles. The number of benzene rings is 2. The highest BCUT2D eigenvalue weighted by atomic mass is 79.9. The zero-order valence-electron chi connectivity index (χ0n) is 13.5. The Kier molecular flexibility index (Phi) is 4.62. The van der Waals surface area contributed by atoms with E-state index in [4.69, 9.17) is 4.74 Å². The lowest BCUT2D eigenvalue weighted by Gasteiger charge is -2.15. The minimum absolute atomic E-state index is 0.00112. The zero-order chi connectivity index (χ0) is 17.3. The minimum atomic E-state index is 0.00112. The molecule has 1 amide bonds. The number of carbonyl (C=O) groups excluding carboxylic acids is 1. The van der Waals surface area contributed by atoms with Crippen LogP contribution in [0, 0.1) is 0 Å². The molecule has 0 saturated heterocycles. The molecule has 1 heterocycles. The number of amides is 1. The number of phenols is 1. The molecule has 0 aliphatic carbocycles. The van der Waals surface area contributed by atoms with Crippen LogP contribution in [-0.2, 0) is 4.79 Å². The van der Waals surface area contributed by atoms with Crippen LogP contribution in [0.5, 0.6) is 11.5 Å². The lowest BCUT2D eigenvalue weighted by molar-refractivity contribution is -0.113. The second-order valence-electron chi connectivity index (χ2n) is 5.59. The standard InChI is InChI=1S/C19H18BrNO3/c1-3-8-21-16-7-5-4-6-13(16)14(19(21)23)9-12-10-15(20)18(22)17(11-12)24-2/h4-7,9-11,22H,3,8H2,1-2H3/b14-9-. The van der Waals surface area contributed by atoms with E-state index in [-0.39, 0.29) is 11.7 Å². The highest BCUT2D eigenvalue weighted by Crippen LogP contribution is 2.40. The van der Waals surface area contributed by atoms with Gasteiger partial charge in [0.1, 0.15) is 0 Å². The van der Waals surface area contributed by atoms with Crippen LogP contribution < -0.4 is 9.64 Å². The van der Waals surface area contributed by atoms with Crippen molar-refractivity contribution in [1.82, 2.24) is 0 Å². The maximum Gasteiger partial charge on any atom is 0.258 e. The number of rotatable bonds is 4. The summed E-state index contributed by atoms with van der Waals surface area (Å²) in [6, 6.07) is 11.3. The van der Waals surface area contributed by atoms with E-state index < -0.39 is 0 Å². The number of phenolic OH excluding ortho intramolecular Hbond substituents is 1. The van der Waals surface area contributed by atoms with Crippen molar-refractivity contribution >= 4 is 39.2 Å². The fraction of sp³-hybridized carbons (Fsp3) is 0.211. The Labute approximate surface area is 149 Å². The van der Waals surface area contributed by atoms with Crippen LogP contribution in [0.4, 0.5) is 5.69 Å². The molecule has 2 aromatic carbocycles. The molecule has 1 aliphatic rings. The second-order valence-corrected chi connectivity index (χ2v) is 6.44. The second kappa shape index (κ2) is 6.69. The van der Waals surface area contributed by atoms with Crippen molar-refractivity contribution in [3.63, 3.8) is 0 Å². The number of hydrogen-bond acceptors (Lipinski definition) is 3. The van der Waals surface area contributed by atoms with E-state index in [2.05, 4.69) is 22.9 Å². The fourth-order valence-electron chi connectivity index (χ4n) is 2.89. The van der Waals surface area contributed by atoms with E-state index in [1.54, 1.807) is 12.1 Å². The van der Waals surface area contributed by atoms with E-state index >= 15 is 0 Å². The normalized spacial score (nSPS) is 15.0. The highest BCUT2D eigenvalue weighted by Gasteiger charge is 2.31.